The van der Waals surface area contributed by atoms with Gasteiger partial charge in [0.25, 0.3) is 5.60 Å². The normalized spacial score (nSPS) is 19.9. The number of rotatable bonds is 6. The lowest BCUT2D eigenvalue weighted by Gasteiger charge is -2.30. The van der Waals surface area contributed by atoms with Gasteiger partial charge in [-0.3, -0.25) is 4.79 Å². The van der Waals surface area contributed by atoms with Crippen molar-refractivity contribution in [3.8, 4) is 6.19 Å². The average Bonchev–Trinajstić information content (AvgIpc) is 3.42. The van der Waals surface area contributed by atoms with Gasteiger partial charge in [0.15, 0.2) is 5.69 Å². The van der Waals surface area contributed by atoms with Crippen LogP contribution in [0, 0.1) is 11.5 Å². The second-order valence-electron chi connectivity index (χ2n) is 10.1. The summed E-state index contributed by atoms with van der Waals surface area (Å²) in [5.41, 5.74) is -10.6. The summed E-state index contributed by atoms with van der Waals surface area (Å²) in [6.45, 7) is 1.07. The quantitative estimate of drug-likeness (QED) is 0.186. The first kappa shape index (κ1) is 37.3. The molecule has 256 valence electrons. The van der Waals surface area contributed by atoms with Crippen LogP contribution < -0.4 is 4.48 Å². The molecular weight excluding hydrogens is 692 g/mol. The minimum atomic E-state index is -5.61. The first-order valence-corrected chi connectivity index (χ1v) is 14.5. The number of hydrogen-bond acceptors (Lipinski definition) is 6. The van der Waals surface area contributed by atoms with E-state index < -0.39 is 96.7 Å². The molecule has 1 heterocycles. The minimum Gasteiger partial charge on any atom is -0.374 e. The molecule has 0 fully saturated rings. The molecule has 2 amide bonds. The van der Waals surface area contributed by atoms with Crippen molar-refractivity contribution in [1.82, 2.24) is 4.48 Å². The summed E-state index contributed by atoms with van der Waals surface area (Å²) >= 11 is 0. The van der Waals surface area contributed by atoms with Crippen molar-refractivity contribution in [3.05, 3.63) is 64.7 Å². The molecule has 0 aromatic heterocycles. The highest BCUT2D eigenvalue weighted by Gasteiger charge is 2.63. The van der Waals surface area contributed by atoms with E-state index in [0.29, 0.717) is 0 Å². The zero-order chi connectivity index (χ0) is 36.0. The predicted octanol–water partition coefficient (Wildman–Crippen LogP) is 6.83. The molecule has 2 aromatic rings. The van der Waals surface area contributed by atoms with Crippen molar-refractivity contribution in [1.29, 1.82) is 5.26 Å². The average molecular weight is 712 g/mol. The Bertz CT molecular complexity index is 1730. The van der Waals surface area contributed by atoms with Crippen molar-refractivity contribution in [2.45, 2.75) is 43.7 Å². The largest absolute Gasteiger partial charge is 0.474 e. The third-order valence-corrected chi connectivity index (χ3v) is 9.05. The molecule has 3 unspecified atom stereocenters. The summed E-state index contributed by atoms with van der Waals surface area (Å²) < 4.78 is 175. The van der Waals surface area contributed by atoms with Gasteiger partial charge >= 0.3 is 42.7 Å². The highest BCUT2D eigenvalue weighted by atomic mass is 32.2. The fourth-order valence-corrected chi connectivity index (χ4v) is 5.63. The van der Waals surface area contributed by atoms with Gasteiger partial charge in [-0.05, 0) is 35.9 Å². The van der Waals surface area contributed by atoms with Gasteiger partial charge in [0.1, 0.15) is 5.75 Å². The van der Waals surface area contributed by atoms with Crippen LogP contribution in [0.25, 0.3) is 0 Å². The molecule has 0 aliphatic carbocycles. The number of hydrogen-bond donors (Lipinski definition) is 0. The summed E-state index contributed by atoms with van der Waals surface area (Å²) in [4.78, 5) is 28.8. The van der Waals surface area contributed by atoms with Crippen molar-refractivity contribution >= 4 is 32.9 Å². The Kier molecular flexibility index (Phi) is 9.61. The summed E-state index contributed by atoms with van der Waals surface area (Å²) in [6, 6.07) is 3.20. The lowest BCUT2D eigenvalue weighted by molar-refractivity contribution is -0.276. The summed E-state index contributed by atoms with van der Waals surface area (Å²) in [6.07, 6.45) is -21.9. The molecule has 2 aromatic carbocycles. The van der Waals surface area contributed by atoms with Gasteiger partial charge in [0.2, 0.25) is 0 Å². The monoisotopic (exact) mass is 711 g/mol. The molecular formula is C26H19F12N4O4S+. The standard InChI is InChI=1S/C26H19F12N4O4S/c1-3-47(45,41-21(44)25(33,34)35)12-20(43)42(2,13-39)18-6-4-14(5-7-18)19-11-22(46-40-19,26(36,37)38)15-8-16(23(27,28)29)10-17(9-15)24(30,31)32/h4-10H,3,11-12H2,1-2H3/q+1. The molecule has 8 nitrogen and oxygen atoms in total. The van der Waals surface area contributed by atoms with Crippen molar-refractivity contribution < 1.29 is 71.3 Å². The molecule has 1 aliphatic rings. The zero-order valence-corrected chi connectivity index (χ0v) is 24.3. The van der Waals surface area contributed by atoms with Crippen LogP contribution in [-0.4, -0.2) is 52.6 Å². The second-order valence-corrected chi connectivity index (χ2v) is 12.7. The first-order chi connectivity index (χ1) is 21.2. The Balaban J connectivity index is 2.00. The molecule has 3 rings (SSSR count). The molecule has 1 aliphatic heterocycles. The summed E-state index contributed by atoms with van der Waals surface area (Å²) in [5.74, 6) is -6.00. The molecule has 21 heteroatoms. The van der Waals surface area contributed by atoms with Crippen LogP contribution in [0.2, 0.25) is 0 Å². The van der Waals surface area contributed by atoms with E-state index in [1.54, 1.807) is 0 Å². The van der Waals surface area contributed by atoms with Gasteiger partial charge in [-0.25, -0.2) is 9.00 Å². The van der Waals surface area contributed by atoms with Gasteiger partial charge in [-0.2, -0.15) is 57.0 Å². The number of benzene rings is 2. The Hall–Kier alpha value is -4.19. The van der Waals surface area contributed by atoms with Crippen LogP contribution in [0.3, 0.4) is 0 Å². The number of carbonyl (C=O) groups is 2. The van der Waals surface area contributed by atoms with Crippen LogP contribution >= 0.6 is 0 Å². The number of nitrogens with zero attached hydrogens (tertiary/aromatic N) is 4. The third-order valence-electron chi connectivity index (χ3n) is 6.95. The smallest absolute Gasteiger partial charge is 0.374 e. The van der Waals surface area contributed by atoms with Crippen molar-refractivity contribution in [2.75, 3.05) is 18.6 Å². The number of amides is 2. The van der Waals surface area contributed by atoms with E-state index in [4.69, 9.17) is 0 Å². The van der Waals surface area contributed by atoms with Crippen molar-refractivity contribution in [3.63, 3.8) is 0 Å². The SMILES string of the molecule is CCS(=O)(CC(=O)[N+](C)(C#N)c1ccc(C2=NOC(c3cc(C(F)(F)F)cc(C(F)(F)F)c3)(C(F)(F)F)C2)cc1)=NC(=O)C(F)(F)F. The fraction of sp³-hybridized carbons (Fsp3) is 0.385. The van der Waals surface area contributed by atoms with E-state index in [0.717, 1.165) is 38.2 Å². The lowest BCUT2D eigenvalue weighted by atomic mass is 9.84. The first-order valence-electron chi connectivity index (χ1n) is 12.6. The molecule has 3 atom stereocenters. The van der Waals surface area contributed by atoms with E-state index in [1.165, 1.54) is 6.19 Å². The van der Waals surface area contributed by atoms with E-state index in [1.807, 2.05) is 0 Å². The number of carbonyl (C=O) groups excluding carboxylic acids is 2. The van der Waals surface area contributed by atoms with E-state index in [9.17, 15) is 71.7 Å². The Morgan fingerprint density at radius 1 is 0.957 bits per heavy atom. The van der Waals surface area contributed by atoms with E-state index >= 15 is 0 Å². The molecule has 0 saturated heterocycles. The number of nitriles is 1. The molecule has 0 radical (unpaired) electrons. The van der Waals surface area contributed by atoms with Gasteiger partial charge in [-0.15, -0.1) is 9.74 Å². The number of quaternary nitrogens is 1. The maximum atomic E-state index is 14.4. The Morgan fingerprint density at radius 3 is 1.87 bits per heavy atom. The maximum Gasteiger partial charge on any atom is 0.474 e. The summed E-state index contributed by atoms with van der Waals surface area (Å²) in [7, 11) is -3.24. The topological polar surface area (TPSA) is 109 Å². The second kappa shape index (κ2) is 12.1. The van der Waals surface area contributed by atoms with E-state index in [-0.39, 0.29) is 29.4 Å². The van der Waals surface area contributed by atoms with Gasteiger partial charge in [0.05, 0.1) is 33.6 Å². The Morgan fingerprint density at radius 2 is 1.47 bits per heavy atom. The highest BCUT2D eigenvalue weighted by Crippen LogP contribution is 2.51. The number of oxime groups is 1. The molecule has 0 spiro atoms. The zero-order valence-electron chi connectivity index (χ0n) is 23.5. The fourth-order valence-electron chi connectivity index (χ4n) is 4.18. The molecule has 47 heavy (non-hydrogen) atoms. The molecule has 0 saturated carbocycles. The van der Waals surface area contributed by atoms with E-state index in [2.05, 4.69) is 14.4 Å². The van der Waals surface area contributed by atoms with Crippen LogP contribution in [0.5, 0.6) is 0 Å². The lowest BCUT2D eigenvalue weighted by Crippen LogP contribution is -2.49. The third kappa shape index (κ3) is 7.53. The maximum absolute atomic E-state index is 14.4. The molecule has 0 N–H and O–H groups in total. The van der Waals surface area contributed by atoms with Crippen LogP contribution in [0.4, 0.5) is 58.4 Å². The van der Waals surface area contributed by atoms with Gasteiger partial charge < -0.3 is 4.84 Å². The van der Waals surface area contributed by atoms with Gasteiger partial charge in [-0.1, -0.05) is 12.1 Å². The number of halogens is 12. The van der Waals surface area contributed by atoms with Crippen LogP contribution in [0.1, 0.15) is 35.6 Å². The Labute approximate surface area is 257 Å². The minimum absolute atomic E-state index is 0.144. The van der Waals surface area contributed by atoms with Crippen LogP contribution in [0.15, 0.2) is 52.0 Å². The van der Waals surface area contributed by atoms with Crippen molar-refractivity contribution in [2.24, 2.45) is 9.52 Å². The predicted molar refractivity (Wildman–Crippen MR) is 138 cm³/mol. The molecule has 0 bridgehead atoms. The highest BCUT2D eigenvalue weighted by molar-refractivity contribution is 7.94. The van der Waals surface area contributed by atoms with Gasteiger partial charge in [0, 0.05) is 29.9 Å². The summed E-state index contributed by atoms with van der Waals surface area (Å²) in [5, 5.41) is 13.0. The van der Waals surface area contributed by atoms with Crippen LogP contribution in [-0.2, 0) is 42.1 Å². The number of alkyl halides is 12.